The third kappa shape index (κ3) is 3.19. The number of carbonyl (C=O) groups is 1. The Balaban J connectivity index is 2.02. The second-order valence-corrected chi connectivity index (χ2v) is 5.69. The molecule has 0 radical (unpaired) electrons. The second-order valence-electron chi connectivity index (χ2n) is 3.50. The van der Waals surface area contributed by atoms with Crippen LogP contribution in [0.1, 0.15) is 15.2 Å². The van der Waals surface area contributed by atoms with E-state index in [4.69, 9.17) is 5.73 Å². The third-order valence-electron chi connectivity index (χ3n) is 2.27. The van der Waals surface area contributed by atoms with Gasteiger partial charge in [-0.05, 0) is 52.2 Å². The third-order valence-corrected chi connectivity index (χ3v) is 4.08. The lowest BCUT2D eigenvalue weighted by atomic mass is 10.2. The Morgan fingerprint density at radius 2 is 2.24 bits per heavy atom. The quantitative estimate of drug-likeness (QED) is 0.655. The Morgan fingerprint density at radius 1 is 1.41 bits per heavy atom. The number of nitrogens with two attached hydrogens (primary N) is 1. The average Bonchev–Trinajstić information content (AvgIpc) is 2.82. The molecule has 88 valence electrons. The van der Waals surface area contributed by atoms with Gasteiger partial charge in [0.15, 0.2) is 0 Å². The van der Waals surface area contributed by atoms with Crippen molar-refractivity contribution in [2.24, 2.45) is 0 Å². The van der Waals surface area contributed by atoms with Crippen molar-refractivity contribution in [2.75, 3.05) is 5.73 Å². The largest absolute Gasteiger partial charge is 0.398 e. The van der Waals surface area contributed by atoms with Gasteiger partial charge in [-0.25, -0.2) is 0 Å². The average molecular weight is 358 g/mol. The normalized spacial score (nSPS) is 10.2. The van der Waals surface area contributed by atoms with Gasteiger partial charge in [-0.3, -0.25) is 4.79 Å². The van der Waals surface area contributed by atoms with E-state index in [0.717, 1.165) is 8.45 Å². The molecule has 1 amide bonds. The molecule has 0 saturated carbocycles. The minimum atomic E-state index is -0.0729. The van der Waals surface area contributed by atoms with Gasteiger partial charge in [-0.1, -0.05) is 6.07 Å². The number of hydrogen-bond acceptors (Lipinski definition) is 3. The summed E-state index contributed by atoms with van der Waals surface area (Å²) in [7, 11) is 0. The van der Waals surface area contributed by atoms with Gasteiger partial charge in [-0.15, -0.1) is 11.3 Å². The number of nitrogen functional groups attached to an aromatic ring is 1. The minimum Gasteiger partial charge on any atom is -0.398 e. The fourth-order valence-corrected chi connectivity index (χ4v) is 2.51. The van der Waals surface area contributed by atoms with Crippen LogP contribution in [0.4, 0.5) is 5.69 Å². The first-order chi connectivity index (χ1) is 8.16. The smallest absolute Gasteiger partial charge is 0.251 e. The van der Waals surface area contributed by atoms with Crippen molar-refractivity contribution in [1.29, 1.82) is 0 Å². The van der Waals surface area contributed by atoms with Gasteiger partial charge in [0.2, 0.25) is 0 Å². The topological polar surface area (TPSA) is 55.1 Å². The van der Waals surface area contributed by atoms with E-state index in [1.54, 1.807) is 29.5 Å². The van der Waals surface area contributed by atoms with Crippen molar-refractivity contribution in [1.82, 2.24) is 5.32 Å². The van der Waals surface area contributed by atoms with E-state index in [9.17, 15) is 4.79 Å². The summed E-state index contributed by atoms with van der Waals surface area (Å²) in [5.74, 6) is -0.0729. The van der Waals surface area contributed by atoms with Gasteiger partial charge in [0.25, 0.3) is 5.91 Å². The molecular formula is C12H11IN2OS. The molecule has 0 spiro atoms. The molecule has 1 heterocycles. The number of thiophene rings is 1. The first-order valence-corrected chi connectivity index (χ1v) is 6.98. The Labute approximate surface area is 117 Å². The zero-order valence-corrected chi connectivity index (χ0v) is 11.9. The van der Waals surface area contributed by atoms with Crippen LogP contribution in [-0.4, -0.2) is 5.91 Å². The summed E-state index contributed by atoms with van der Waals surface area (Å²) in [4.78, 5) is 13.0. The van der Waals surface area contributed by atoms with Crippen LogP contribution in [-0.2, 0) is 6.54 Å². The Morgan fingerprint density at radius 3 is 2.88 bits per heavy atom. The van der Waals surface area contributed by atoms with E-state index < -0.39 is 0 Å². The molecule has 5 heteroatoms. The summed E-state index contributed by atoms with van der Waals surface area (Å²) in [5.41, 5.74) is 7.04. The van der Waals surface area contributed by atoms with Gasteiger partial charge in [-0.2, -0.15) is 0 Å². The highest BCUT2D eigenvalue weighted by atomic mass is 127. The summed E-state index contributed by atoms with van der Waals surface area (Å²) in [6, 6.07) is 9.25. The van der Waals surface area contributed by atoms with Gasteiger partial charge < -0.3 is 11.1 Å². The highest BCUT2D eigenvalue weighted by molar-refractivity contribution is 14.1. The predicted octanol–water partition coefficient (Wildman–Crippen LogP) is 2.86. The molecule has 0 aliphatic heterocycles. The monoisotopic (exact) mass is 358 g/mol. The van der Waals surface area contributed by atoms with Gasteiger partial charge in [0, 0.05) is 19.7 Å². The van der Waals surface area contributed by atoms with Crippen LogP contribution in [0.2, 0.25) is 0 Å². The lowest BCUT2D eigenvalue weighted by molar-refractivity contribution is 0.0951. The first kappa shape index (κ1) is 12.4. The number of halogens is 1. The molecule has 1 aromatic carbocycles. The molecular weight excluding hydrogens is 347 g/mol. The van der Waals surface area contributed by atoms with E-state index in [1.807, 2.05) is 17.5 Å². The van der Waals surface area contributed by atoms with Gasteiger partial charge in [0.1, 0.15) is 0 Å². The summed E-state index contributed by atoms with van der Waals surface area (Å²) in [5, 5.41) is 4.87. The van der Waals surface area contributed by atoms with Crippen LogP contribution in [0, 0.1) is 3.57 Å². The number of rotatable bonds is 3. The van der Waals surface area contributed by atoms with Crippen molar-refractivity contribution in [2.45, 2.75) is 6.54 Å². The lowest BCUT2D eigenvalue weighted by Crippen LogP contribution is -2.22. The summed E-state index contributed by atoms with van der Waals surface area (Å²) >= 11 is 3.75. The number of hydrogen-bond donors (Lipinski definition) is 2. The molecule has 1 aromatic heterocycles. The van der Waals surface area contributed by atoms with E-state index in [0.29, 0.717) is 17.8 Å². The standard InChI is InChI=1S/C12H11IN2OS/c13-10-6-8(3-4-11(10)14)12(16)15-7-9-2-1-5-17-9/h1-6H,7,14H2,(H,15,16). The number of anilines is 1. The summed E-state index contributed by atoms with van der Waals surface area (Å²) in [6.07, 6.45) is 0. The van der Waals surface area contributed by atoms with Crippen LogP contribution in [0.15, 0.2) is 35.7 Å². The minimum absolute atomic E-state index is 0.0729. The molecule has 3 N–H and O–H groups in total. The van der Waals surface area contributed by atoms with Crippen molar-refractivity contribution < 1.29 is 4.79 Å². The fraction of sp³-hybridized carbons (Fsp3) is 0.0833. The maximum absolute atomic E-state index is 11.9. The van der Waals surface area contributed by atoms with E-state index >= 15 is 0 Å². The highest BCUT2D eigenvalue weighted by Crippen LogP contribution is 2.16. The molecule has 17 heavy (non-hydrogen) atoms. The van der Waals surface area contributed by atoms with Crippen molar-refractivity contribution in [3.8, 4) is 0 Å². The SMILES string of the molecule is Nc1ccc(C(=O)NCc2cccs2)cc1I. The van der Waals surface area contributed by atoms with Crippen molar-refractivity contribution in [3.05, 3.63) is 49.7 Å². The van der Waals surface area contributed by atoms with Crippen molar-refractivity contribution >= 4 is 45.5 Å². The van der Waals surface area contributed by atoms with E-state index in [-0.39, 0.29) is 5.91 Å². The molecule has 0 aliphatic rings. The number of carbonyl (C=O) groups excluding carboxylic acids is 1. The van der Waals surface area contributed by atoms with Crippen LogP contribution < -0.4 is 11.1 Å². The summed E-state index contributed by atoms with van der Waals surface area (Å²) < 4.78 is 0.895. The molecule has 2 rings (SSSR count). The molecule has 0 fully saturated rings. The van der Waals surface area contributed by atoms with E-state index in [1.165, 1.54) is 0 Å². The predicted molar refractivity (Wildman–Crippen MR) is 79.1 cm³/mol. The Bertz CT molecular complexity index is 525. The molecule has 2 aromatic rings. The number of amides is 1. The van der Waals surface area contributed by atoms with E-state index in [2.05, 4.69) is 27.9 Å². The maximum atomic E-state index is 11.9. The molecule has 0 aliphatic carbocycles. The fourth-order valence-electron chi connectivity index (χ4n) is 1.35. The van der Waals surface area contributed by atoms with Crippen LogP contribution in [0.5, 0.6) is 0 Å². The van der Waals surface area contributed by atoms with Crippen molar-refractivity contribution in [3.63, 3.8) is 0 Å². The van der Waals surface area contributed by atoms with Gasteiger partial charge in [0.05, 0.1) is 6.54 Å². The number of nitrogens with one attached hydrogen (secondary N) is 1. The lowest BCUT2D eigenvalue weighted by Gasteiger charge is -2.05. The highest BCUT2D eigenvalue weighted by Gasteiger charge is 2.07. The van der Waals surface area contributed by atoms with Crippen LogP contribution >= 0.6 is 33.9 Å². The molecule has 0 unspecified atom stereocenters. The molecule has 0 saturated heterocycles. The molecule has 3 nitrogen and oxygen atoms in total. The Kier molecular flexibility index (Phi) is 4.01. The zero-order chi connectivity index (χ0) is 12.3. The summed E-state index contributed by atoms with van der Waals surface area (Å²) in [6.45, 7) is 0.567. The first-order valence-electron chi connectivity index (χ1n) is 5.02. The van der Waals surface area contributed by atoms with Gasteiger partial charge >= 0.3 is 0 Å². The Hall–Kier alpha value is -1.08. The molecule has 0 atom stereocenters. The number of benzene rings is 1. The zero-order valence-electron chi connectivity index (χ0n) is 8.94. The van der Waals surface area contributed by atoms with Crippen LogP contribution in [0.25, 0.3) is 0 Å². The van der Waals surface area contributed by atoms with Crippen LogP contribution in [0.3, 0.4) is 0 Å². The maximum Gasteiger partial charge on any atom is 0.251 e. The molecule has 0 bridgehead atoms. The second kappa shape index (κ2) is 5.50.